The van der Waals surface area contributed by atoms with Gasteiger partial charge in [-0.15, -0.1) is 0 Å². The zero-order valence-electron chi connectivity index (χ0n) is 13.4. The molecular formula is C18H23BrN3S-. The minimum absolute atomic E-state index is 0. The Morgan fingerprint density at radius 2 is 1.87 bits per heavy atom. The lowest BCUT2D eigenvalue weighted by molar-refractivity contribution is -0.00000485. The van der Waals surface area contributed by atoms with Crippen molar-refractivity contribution in [3.05, 3.63) is 35.4 Å². The van der Waals surface area contributed by atoms with E-state index in [1.807, 2.05) is 23.9 Å². The highest BCUT2D eigenvalue weighted by molar-refractivity contribution is 8.13. The second kappa shape index (κ2) is 9.34. The van der Waals surface area contributed by atoms with Gasteiger partial charge in [0.05, 0.1) is 11.6 Å². The number of benzene rings is 1. The monoisotopic (exact) mass is 392 g/mol. The molecule has 1 aliphatic heterocycles. The maximum atomic E-state index is 8.86. The fourth-order valence-corrected chi connectivity index (χ4v) is 4.36. The summed E-state index contributed by atoms with van der Waals surface area (Å²) in [4.78, 5) is 7.35. The number of aliphatic imine (C=N–C) groups is 1. The molecule has 0 bridgehead atoms. The van der Waals surface area contributed by atoms with Crippen molar-refractivity contribution in [1.82, 2.24) is 4.90 Å². The Kier molecular flexibility index (Phi) is 7.45. The van der Waals surface area contributed by atoms with Crippen LogP contribution in [0, 0.1) is 11.3 Å². The summed E-state index contributed by atoms with van der Waals surface area (Å²) in [7, 11) is 0. The van der Waals surface area contributed by atoms with Crippen LogP contribution >= 0.6 is 11.8 Å². The van der Waals surface area contributed by atoms with E-state index < -0.39 is 0 Å². The van der Waals surface area contributed by atoms with E-state index in [0.29, 0.717) is 6.04 Å². The molecule has 0 spiro atoms. The summed E-state index contributed by atoms with van der Waals surface area (Å²) in [5.41, 5.74) is 1.99. The second-order valence-corrected chi connectivity index (χ2v) is 7.04. The minimum Gasteiger partial charge on any atom is -1.00 e. The average Bonchev–Trinajstić information content (AvgIpc) is 2.61. The number of nitriles is 1. The largest absolute Gasteiger partial charge is 1.00 e. The number of amidine groups is 1. The van der Waals surface area contributed by atoms with Gasteiger partial charge in [0.25, 0.3) is 0 Å². The molecule has 3 rings (SSSR count). The highest BCUT2D eigenvalue weighted by Gasteiger charge is 2.25. The van der Waals surface area contributed by atoms with Crippen LogP contribution in [-0.4, -0.2) is 29.2 Å². The van der Waals surface area contributed by atoms with Crippen LogP contribution < -0.4 is 17.0 Å². The van der Waals surface area contributed by atoms with Gasteiger partial charge in [-0.25, -0.2) is 0 Å². The molecular weight excluding hydrogens is 370 g/mol. The molecule has 1 aliphatic carbocycles. The Labute approximate surface area is 153 Å². The van der Waals surface area contributed by atoms with Gasteiger partial charge >= 0.3 is 0 Å². The molecule has 1 aromatic rings. The summed E-state index contributed by atoms with van der Waals surface area (Å²) in [5, 5.41) is 10.1. The third kappa shape index (κ3) is 4.99. The van der Waals surface area contributed by atoms with Crippen LogP contribution in [0.2, 0.25) is 0 Å². The molecule has 0 saturated heterocycles. The van der Waals surface area contributed by atoms with Gasteiger partial charge in [-0.1, -0.05) is 43.2 Å². The third-order valence-electron chi connectivity index (χ3n) is 4.52. The molecule has 3 nitrogen and oxygen atoms in total. The molecule has 0 aromatic heterocycles. The summed E-state index contributed by atoms with van der Waals surface area (Å²) in [6, 6.07) is 10.8. The van der Waals surface area contributed by atoms with Crippen LogP contribution in [0.15, 0.2) is 29.3 Å². The van der Waals surface area contributed by atoms with E-state index in [9.17, 15) is 0 Å². The standard InChI is InChI=1S/C18H23N3S.BrH/c19-13-15-7-9-16(10-8-15)14-22-18-20-11-4-12-21(18)17-5-2-1-3-6-17;/h7-10,17H,1-6,11-12,14H2;1H/p-1. The molecule has 23 heavy (non-hydrogen) atoms. The van der Waals surface area contributed by atoms with Crippen molar-refractivity contribution in [3.63, 3.8) is 0 Å². The lowest BCUT2D eigenvalue weighted by atomic mass is 9.94. The van der Waals surface area contributed by atoms with E-state index in [1.165, 1.54) is 55.8 Å². The summed E-state index contributed by atoms with van der Waals surface area (Å²) in [5.74, 6) is 0.938. The summed E-state index contributed by atoms with van der Waals surface area (Å²) in [6.07, 6.45) is 7.99. The van der Waals surface area contributed by atoms with E-state index in [4.69, 9.17) is 10.3 Å². The van der Waals surface area contributed by atoms with Crippen LogP contribution in [0.4, 0.5) is 0 Å². The molecule has 0 amide bonds. The second-order valence-electron chi connectivity index (χ2n) is 6.10. The molecule has 0 radical (unpaired) electrons. The van der Waals surface area contributed by atoms with Crippen molar-refractivity contribution >= 4 is 16.9 Å². The van der Waals surface area contributed by atoms with E-state index in [2.05, 4.69) is 23.1 Å². The number of hydrogen-bond donors (Lipinski definition) is 0. The lowest BCUT2D eigenvalue weighted by Crippen LogP contribution is -3.00. The van der Waals surface area contributed by atoms with Crippen LogP contribution in [0.5, 0.6) is 0 Å². The van der Waals surface area contributed by atoms with Gasteiger partial charge in [-0.05, 0) is 37.0 Å². The minimum atomic E-state index is 0. The number of halogens is 1. The Hall–Kier alpha value is -0.990. The Bertz CT molecular complexity index is 559. The fourth-order valence-electron chi connectivity index (χ4n) is 3.29. The lowest BCUT2D eigenvalue weighted by Gasteiger charge is -2.38. The first-order valence-electron chi connectivity index (χ1n) is 8.30. The Morgan fingerprint density at radius 3 is 2.57 bits per heavy atom. The Balaban J connectivity index is 0.00000192. The van der Waals surface area contributed by atoms with E-state index in [-0.39, 0.29) is 17.0 Å². The number of thioether (sulfide) groups is 1. The van der Waals surface area contributed by atoms with E-state index >= 15 is 0 Å². The van der Waals surface area contributed by atoms with E-state index in [1.54, 1.807) is 0 Å². The summed E-state index contributed by atoms with van der Waals surface area (Å²) < 4.78 is 0. The van der Waals surface area contributed by atoms with Gasteiger partial charge in [0, 0.05) is 24.9 Å². The normalized spacial score (nSPS) is 18.7. The maximum Gasteiger partial charge on any atom is 0.159 e. The predicted molar refractivity (Wildman–Crippen MR) is 93.0 cm³/mol. The fraction of sp³-hybridized carbons (Fsp3) is 0.556. The maximum absolute atomic E-state index is 8.86. The van der Waals surface area contributed by atoms with Gasteiger partial charge in [-0.3, -0.25) is 4.99 Å². The highest BCUT2D eigenvalue weighted by atomic mass is 79.9. The van der Waals surface area contributed by atoms with Crippen molar-refractivity contribution in [2.75, 3.05) is 13.1 Å². The van der Waals surface area contributed by atoms with E-state index in [0.717, 1.165) is 17.9 Å². The van der Waals surface area contributed by atoms with Gasteiger partial charge < -0.3 is 21.9 Å². The van der Waals surface area contributed by atoms with Gasteiger partial charge in [-0.2, -0.15) is 5.26 Å². The van der Waals surface area contributed by atoms with Crippen LogP contribution in [-0.2, 0) is 5.75 Å². The number of nitrogens with zero attached hydrogens (tertiary/aromatic N) is 3. The van der Waals surface area contributed by atoms with Crippen molar-refractivity contribution in [2.45, 2.75) is 50.3 Å². The topological polar surface area (TPSA) is 39.4 Å². The highest BCUT2D eigenvalue weighted by Crippen LogP contribution is 2.28. The SMILES string of the molecule is N#Cc1ccc(CSC2=NCCCN2C2CCCCC2)cc1.[Br-]. The molecule has 0 unspecified atom stereocenters. The first-order chi connectivity index (χ1) is 10.9. The average molecular weight is 393 g/mol. The van der Waals surface area contributed by atoms with Crippen LogP contribution in [0.25, 0.3) is 0 Å². The van der Waals surface area contributed by atoms with Crippen molar-refractivity contribution < 1.29 is 17.0 Å². The molecule has 1 heterocycles. The first kappa shape index (κ1) is 18.4. The van der Waals surface area contributed by atoms with Gasteiger partial charge in [0.2, 0.25) is 0 Å². The van der Waals surface area contributed by atoms with Crippen LogP contribution in [0.1, 0.15) is 49.7 Å². The molecule has 0 atom stereocenters. The van der Waals surface area contributed by atoms with Gasteiger partial charge in [0.15, 0.2) is 5.17 Å². The third-order valence-corrected chi connectivity index (χ3v) is 5.62. The van der Waals surface area contributed by atoms with Crippen molar-refractivity contribution in [2.24, 2.45) is 4.99 Å². The molecule has 2 aliphatic rings. The van der Waals surface area contributed by atoms with Crippen molar-refractivity contribution in [1.29, 1.82) is 5.26 Å². The summed E-state index contributed by atoms with van der Waals surface area (Å²) >= 11 is 1.86. The summed E-state index contributed by atoms with van der Waals surface area (Å²) in [6.45, 7) is 2.14. The van der Waals surface area contributed by atoms with Crippen molar-refractivity contribution in [3.8, 4) is 6.07 Å². The zero-order chi connectivity index (χ0) is 15.2. The molecule has 0 N–H and O–H groups in total. The molecule has 1 aromatic carbocycles. The molecule has 1 saturated carbocycles. The quantitative estimate of drug-likeness (QED) is 0.775. The molecule has 5 heteroatoms. The van der Waals surface area contributed by atoms with Crippen LogP contribution in [0.3, 0.4) is 0 Å². The Morgan fingerprint density at radius 1 is 1.13 bits per heavy atom. The smallest absolute Gasteiger partial charge is 0.159 e. The first-order valence-corrected chi connectivity index (χ1v) is 9.28. The van der Waals surface area contributed by atoms with Gasteiger partial charge in [0.1, 0.15) is 0 Å². The predicted octanol–water partition coefficient (Wildman–Crippen LogP) is 1.19. The molecule has 1 fully saturated rings. The number of rotatable bonds is 3. The zero-order valence-corrected chi connectivity index (χ0v) is 15.8. The molecule has 124 valence electrons. The number of hydrogen-bond acceptors (Lipinski definition) is 4.